The Labute approximate surface area is 130 Å². The van der Waals surface area contributed by atoms with Crippen molar-refractivity contribution in [1.82, 2.24) is 4.90 Å². The molecule has 2 rings (SSSR count). The Hall–Kier alpha value is -1.70. The summed E-state index contributed by atoms with van der Waals surface area (Å²) in [6.07, 6.45) is 3.31. The lowest BCUT2D eigenvalue weighted by Crippen LogP contribution is -2.33. The van der Waals surface area contributed by atoms with Crippen LogP contribution in [-0.4, -0.2) is 23.1 Å². The summed E-state index contributed by atoms with van der Waals surface area (Å²) < 4.78 is 5.41. The van der Waals surface area contributed by atoms with Gasteiger partial charge in [-0.1, -0.05) is 29.5 Å². The molecule has 1 aromatic rings. The number of carbonyl (C=O) groups excluding carboxylic acids is 1. The van der Waals surface area contributed by atoms with E-state index in [1.165, 1.54) is 0 Å². The van der Waals surface area contributed by atoms with Crippen molar-refractivity contribution in [1.29, 1.82) is 0 Å². The van der Waals surface area contributed by atoms with Crippen LogP contribution in [0.15, 0.2) is 35.7 Å². The van der Waals surface area contributed by atoms with Crippen molar-refractivity contribution in [2.24, 2.45) is 0 Å². The van der Waals surface area contributed by atoms with Gasteiger partial charge in [0.05, 0.1) is 5.70 Å². The average molecular weight is 306 g/mol. The molecule has 1 aromatic carbocycles. The maximum Gasteiger partial charge on any atom is 0.415 e. The van der Waals surface area contributed by atoms with Crippen LogP contribution < -0.4 is 0 Å². The zero-order valence-corrected chi connectivity index (χ0v) is 13.4. The van der Waals surface area contributed by atoms with Gasteiger partial charge in [0, 0.05) is 11.6 Å². The fraction of sp³-hybridized carbons (Fsp3) is 0.412. The largest absolute Gasteiger partial charge is 0.443 e. The highest BCUT2D eigenvalue weighted by Crippen LogP contribution is 2.23. The van der Waals surface area contributed by atoms with E-state index >= 15 is 0 Å². The van der Waals surface area contributed by atoms with Crippen molar-refractivity contribution in [3.05, 3.63) is 46.3 Å². The van der Waals surface area contributed by atoms with Crippen molar-refractivity contribution in [2.45, 2.75) is 39.2 Å². The van der Waals surface area contributed by atoms with E-state index in [1.807, 2.05) is 51.1 Å². The van der Waals surface area contributed by atoms with Crippen LogP contribution in [0.3, 0.4) is 0 Å². The Kier molecular flexibility index (Phi) is 4.76. The summed E-state index contributed by atoms with van der Waals surface area (Å²) in [6, 6.07) is 7.53. The second-order valence-corrected chi connectivity index (χ2v) is 6.46. The highest BCUT2D eigenvalue weighted by atomic mass is 35.5. The number of allylic oxidation sites excluding steroid dienone is 1. The molecule has 4 heteroatoms. The second kappa shape index (κ2) is 6.38. The van der Waals surface area contributed by atoms with Crippen LogP contribution in [0.2, 0.25) is 5.02 Å². The molecule has 1 aliphatic rings. The first-order chi connectivity index (χ1) is 9.85. The number of nitrogens with zero attached hydrogens (tertiary/aromatic N) is 1. The van der Waals surface area contributed by atoms with Crippen LogP contribution in [0.25, 0.3) is 6.08 Å². The van der Waals surface area contributed by atoms with Crippen LogP contribution in [0.5, 0.6) is 0 Å². The third-order valence-corrected chi connectivity index (χ3v) is 3.22. The molecule has 0 aliphatic carbocycles. The normalized spacial score (nSPS) is 14.9. The SMILES string of the molecule is CC(C)(C)OC(=O)N1CCCC1=C=Cc1cccc(Cl)c1. The van der Waals surface area contributed by atoms with Gasteiger partial charge < -0.3 is 4.74 Å². The third kappa shape index (κ3) is 4.66. The maximum absolute atomic E-state index is 12.1. The molecule has 0 bridgehead atoms. The van der Waals surface area contributed by atoms with E-state index in [2.05, 4.69) is 5.73 Å². The molecule has 0 radical (unpaired) electrons. The van der Waals surface area contributed by atoms with Gasteiger partial charge in [-0.2, -0.15) is 0 Å². The molecule has 0 unspecified atom stereocenters. The van der Waals surface area contributed by atoms with Crippen LogP contribution in [-0.2, 0) is 4.74 Å². The van der Waals surface area contributed by atoms with E-state index in [0.29, 0.717) is 11.6 Å². The molecule has 0 N–H and O–H groups in total. The Bertz CT molecular complexity index is 595. The molecular weight excluding hydrogens is 286 g/mol. The molecule has 1 aliphatic heterocycles. The zero-order valence-electron chi connectivity index (χ0n) is 12.6. The van der Waals surface area contributed by atoms with Gasteiger partial charge >= 0.3 is 6.09 Å². The first-order valence-corrected chi connectivity index (χ1v) is 7.45. The lowest BCUT2D eigenvalue weighted by molar-refractivity contribution is 0.0339. The summed E-state index contributed by atoms with van der Waals surface area (Å²) in [5.74, 6) is 0. The second-order valence-electron chi connectivity index (χ2n) is 6.03. The highest BCUT2D eigenvalue weighted by molar-refractivity contribution is 6.30. The molecule has 112 valence electrons. The van der Waals surface area contributed by atoms with Crippen LogP contribution >= 0.6 is 11.6 Å². The van der Waals surface area contributed by atoms with E-state index in [9.17, 15) is 4.79 Å². The minimum absolute atomic E-state index is 0.304. The fourth-order valence-electron chi connectivity index (χ4n) is 2.11. The molecule has 1 amide bonds. The highest BCUT2D eigenvalue weighted by Gasteiger charge is 2.27. The molecule has 0 saturated carbocycles. The molecule has 0 aromatic heterocycles. The number of halogens is 1. The molecule has 1 fully saturated rings. The lowest BCUT2D eigenvalue weighted by Gasteiger charge is -2.24. The molecule has 0 spiro atoms. The molecule has 1 heterocycles. The molecule has 0 atom stereocenters. The van der Waals surface area contributed by atoms with Crippen molar-refractivity contribution in [3.8, 4) is 0 Å². The van der Waals surface area contributed by atoms with Crippen LogP contribution in [0.1, 0.15) is 39.2 Å². The van der Waals surface area contributed by atoms with E-state index < -0.39 is 5.60 Å². The third-order valence-electron chi connectivity index (χ3n) is 2.99. The molecule has 3 nitrogen and oxygen atoms in total. The Morgan fingerprint density at radius 1 is 1.43 bits per heavy atom. The molecule has 21 heavy (non-hydrogen) atoms. The number of benzene rings is 1. The van der Waals surface area contributed by atoms with Crippen LogP contribution in [0, 0.1) is 0 Å². The fourth-order valence-corrected chi connectivity index (χ4v) is 2.30. The zero-order chi connectivity index (χ0) is 15.5. The van der Waals surface area contributed by atoms with Gasteiger partial charge in [0.25, 0.3) is 0 Å². The molecule has 1 saturated heterocycles. The summed E-state index contributed by atoms with van der Waals surface area (Å²) in [7, 11) is 0. The van der Waals surface area contributed by atoms with Gasteiger partial charge in [0.1, 0.15) is 5.60 Å². The maximum atomic E-state index is 12.1. The van der Waals surface area contributed by atoms with Gasteiger partial charge in [0.2, 0.25) is 0 Å². The number of ether oxygens (including phenoxy) is 1. The van der Waals surface area contributed by atoms with Gasteiger partial charge in [-0.15, -0.1) is 0 Å². The van der Waals surface area contributed by atoms with Gasteiger partial charge in [0.15, 0.2) is 0 Å². The van der Waals surface area contributed by atoms with Crippen molar-refractivity contribution in [2.75, 3.05) is 6.54 Å². The summed E-state index contributed by atoms with van der Waals surface area (Å²) in [6.45, 7) is 6.28. The van der Waals surface area contributed by atoms with Crippen molar-refractivity contribution >= 4 is 23.8 Å². The summed E-state index contributed by atoms with van der Waals surface area (Å²) in [5, 5.41) is 0.686. The smallest absolute Gasteiger partial charge is 0.415 e. The lowest BCUT2D eigenvalue weighted by atomic mass is 10.2. The Morgan fingerprint density at radius 3 is 2.86 bits per heavy atom. The first-order valence-electron chi connectivity index (χ1n) is 7.07. The quantitative estimate of drug-likeness (QED) is 0.693. The Morgan fingerprint density at radius 2 is 2.19 bits per heavy atom. The van der Waals surface area contributed by atoms with Crippen LogP contribution in [0.4, 0.5) is 4.79 Å². The number of rotatable bonds is 1. The number of hydrogen-bond acceptors (Lipinski definition) is 2. The summed E-state index contributed by atoms with van der Waals surface area (Å²) in [4.78, 5) is 13.8. The van der Waals surface area contributed by atoms with E-state index in [1.54, 1.807) is 4.90 Å². The average Bonchev–Trinajstić information content (AvgIpc) is 2.83. The summed E-state index contributed by atoms with van der Waals surface area (Å²) in [5.41, 5.74) is 4.54. The first kappa shape index (κ1) is 15.7. The van der Waals surface area contributed by atoms with E-state index in [4.69, 9.17) is 16.3 Å². The predicted molar refractivity (Wildman–Crippen MR) is 85.1 cm³/mol. The van der Waals surface area contributed by atoms with Gasteiger partial charge in [-0.3, -0.25) is 4.90 Å². The van der Waals surface area contributed by atoms with E-state index in [-0.39, 0.29) is 6.09 Å². The monoisotopic (exact) mass is 305 g/mol. The number of amides is 1. The predicted octanol–water partition coefficient (Wildman–Crippen LogP) is 4.87. The number of hydrogen-bond donors (Lipinski definition) is 0. The topological polar surface area (TPSA) is 29.5 Å². The number of carbonyl (C=O) groups is 1. The van der Waals surface area contributed by atoms with Gasteiger partial charge in [-0.05, 0) is 57.4 Å². The van der Waals surface area contributed by atoms with Crippen molar-refractivity contribution in [3.63, 3.8) is 0 Å². The minimum Gasteiger partial charge on any atom is -0.443 e. The molecular formula is C17H20ClNO2. The summed E-state index contributed by atoms with van der Waals surface area (Å²) >= 11 is 5.95. The Balaban J connectivity index is 2.18. The number of likely N-dealkylation sites (tertiary alicyclic amines) is 1. The van der Waals surface area contributed by atoms with Gasteiger partial charge in [-0.25, -0.2) is 4.79 Å². The standard InChI is InChI=1S/C17H20ClNO2/c1-17(2,3)21-16(20)19-11-5-8-15(19)10-9-13-6-4-7-14(18)12-13/h4,6-7,9,12H,5,8,11H2,1-3H3. The van der Waals surface area contributed by atoms with E-state index in [0.717, 1.165) is 24.1 Å². The van der Waals surface area contributed by atoms with Crippen molar-refractivity contribution < 1.29 is 9.53 Å². The minimum atomic E-state index is -0.485.